The standard InChI is InChI=1S/C34H60N2O27S/c1-9-18(42)24(48)26(50)32(57-9)62-29-22(46)15(6-38)59-34(30(29)63-33-27(51)25(49)19(43)10(2)58-33)61-28(13(5-37)35-11(3)39)20(44)14(41)7-55-31-17(36-12(4)40)23(47)21(45)16(60-31)8-56-64(52,53)54/h9-10,13-34,37-38,41-51H,5-8H2,1-4H3,(H,35,39)(H,36,40)(H,52,53,54)/t9-,10-,13-,14+,15+,16+,17+,18+,19+,20-,21+,22-,23+,24+,25+,26-,27-,28+,29-,30+,31+,32-,33-,34-/m0/s1. The third-order valence-corrected chi connectivity index (χ3v) is 11.3. The molecule has 374 valence electrons. The third-order valence-electron chi connectivity index (χ3n) is 10.9. The molecule has 29 nitrogen and oxygen atoms in total. The summed E-state index contributed by atoms with van der Waals surface area (Å²) >= 11 is 0. The van der Waals surface area contributed by atoms with Crippen molar-refractivity contribution < 1.29 is 131 Å². The highest BCUT2D eigenvalue weighted by Gasteiger charge is 2.55. The number of carbonyl (C=O) groups excluding carboxylic acids is 2. The van der Waals surface area contributed by atoms with E-state index in [-0.39, 0.29) is 0 Å². The van der Waals surface area contributed by atoms with Crippen LogP contribution in [-0.4, -0.2) is 265 Å². The number of aliphatic hydroxyl groups is 13. The molecule has 4 saturated heterocycles. The van der Waals surface area contributed by atoms with Crippen molar-refractivity contribution in [1.82, 2.24) is 10.6 Å². The normalized spacial score (nSPS) is 42.8. The van der Waals surface area contributed by atoms with Gasteiger partial charge in [-0.05, 0) is 13.8 Å². The van der Waals surface area contributed by atoms with Gasteiger partial charge in [0.1, 0.15) is 104 Å². The maximum atomic E-state index is 12.3. The van der Waals surface area contributed by atoms with Gasteiger partial charge in [-0.1, -0.05) is 0 Å². The van der Waals surface area contributed by atoms with Crippen molar-refractivity contribution in [1.29, 1.82) is 0 Å². The van der Waals surface area contributed by atoms with E-state index in [0.29, 0.717) is 0 Å². The van der Waals surface area contributed by atoms with E-state index in [1.54, 1.807) is 0 Å². The van der Waals surface area contributed by atoms with Gasteiger partial charge in [-0.2, -0.15) is 8.42 Å². The number of hydrogen-bond acceptors (Lipinski definition) is 26. The molecule has 0 radical (unpaired) electrons. The van der Waals surface area contributed by atoms with Crippen LogP contribution < -0.4 is 10.6 Å². The van der Waals surface area contributed by atoms with Crippen LogP contribution in [0.2, 0.25) is 0 Å². The van der Waals surface area contributed by atoms with Crippen molar-refractivity contribution in [2.24, 2.45) is 0 Å². The summed E-state index contributed by atoms with van der Waals surface area (Å²) in [6, 6.07) is -3.35. The first-order chi connectivity index (χ1) is 29.8. The molecular weight excluding hydrogens is 900 g/mol. The van der Waals surface area contributed by atoms with E-state index in [4.69, 9.17) is 42.4 Å². The Balaban J connectivity index is 1.70. The topological polar surface area (TPSA) is 459 Å². The average molecular weight is 961 g/mol. The summed E-state index contributed by atoms with van der Waals surface area (Å²) < 4.78 is 81.4. The van der Waals surface area contributed by atoms with Gasteiger partial charge in [-0.15, -0.1) is 0 Å². The Morgan fingerprint density at radius 2 is 1.19 bits per heavy atom. The molecule has 0 bridgehead atoms. The Bertz CT molecular complexity index is 1600. The van der Waals surface area contributed by atoms with Crippen LogP contribution in [0, 0.1) is 0 Å². The molecule has 2 amide bonds. The number of aliphatic hydroxyl groups excluding tert-OH is 13. The van der Waals surface area contributed by atoms with Crippen LogP contribution in [0.3, 0.4) is 0 Å². The number of rotatable bonds is 19. The number of carbonyl (C=O) groups is 2. The van der Waals surface area contributed by atoms with E-state index in [1.807, 2.05) is 0 Å². The first-order valence-electron chi connectivity index (χ1n) is 19.9. The van der Waals surface area contributed by atoms with E-state index < -0.39 is 196 Å². The highest BCUT2D eigenvalue weighted by Crippen LogP contribution is 2.35. The first-order valence-corrected chi connectivity index (χ1v) is 21.2. The fraction of sp³-hybridized carbons (Fsp3) is 0.941. The molecule has 64 heavy (non-hydrogen) atoms. The zero-order valence-electron chi connectivity index (χ0n) is 34.7. The fourth-order valence-electron chi connectivity index (χ4n) is 7.34. The number of nitrogens with one attached hydrogen (secondary N) is 2. The van der Waals surface area contributed by atoms with Gasteiger partial charge in [-0.25, -0.2) is 4.18 Å². The van der Waals surface area contributed by atoms with Crippen molar-refractivity contribution in [3.8, 4) is 0 Å². The zero-order valence-corrected chi connectivity index (χ0v) is 35.5. The van der Waals surface area contributed by atoms with Crippen molar-refractivity contribution in [2.45, 2.75) is 175 Å². The minimum Gasteiger partial charge on any atom is -0.394 e. The molecule has 30 heteroatoms. The van der Waals surface area contributed by atoms with Gasteiger partial charge in [0.05, 0.1) is 44.7 Å². The lowest BCUT2D eigenvalue weighted by molar-refractivity contribution is -0.395. The van der Waals surface area contributed by atoms with Gasteiger partial charge < -0.3 is 115 Å². The maximum Gasteiger partial charge on any atom is 0.397 e. The number of hydrogen-bond donors (Lipinski definition) is 16. The SMILES string of the molecule is CC(=O)N[C@H]1[C@H](OC[C@@H](O)[C@H](O)[C@H](O[C@@H]2O[C@H](CO)[C@H](O)[C@H](O[C@@H]3O[C@@H](C)[C@@H](O)[C@@H](O)[C@@H]3O)[C@H]2O[C@@H]2O[C@@H](C)[C@@H](O)[C@@H](O)[C@@H]2O)[C@H](CO)NC(C)=O)O[C@H](COS(=O)(=O)O)[C@@H](O)[C@@H]1O. The molecule has 0 aromatic heterocycles. The number of amides is 2. The molecule has 4 rings (SSSR count). The quantitative estimate of drug-likeness (QED) is 0.0535. The lowest BCUT2D eigenvalue weighted by atomic mass is 9.95. The summed E-state index contributed by atoms with van der Waals surface area (Å²) in [7, 11) is -5.10. The molecular formula is C34H60N2O27S. The molecule has 0 aromatic carbocycles. The Kier molecular flexibility index (Phi) is 19.9. The summed E-state index contributed by atoms with van der Waals surface area (Å²) in [5.74, 6) is -1.64. The van der Waals surface area contributed by atoms with Gasteiger partial charge in [-0.3, -0.25) is 14.1 Å². The lowest BCUT2D eigenvalue weighted by Crippen LogP contribution is -2.68. The second-order valence-corrected chi connectivity index (χ2v) is 16.8. The maximum absolute atomic E-state index is 12.3. The molecule has 24 atom stereocenters. The monoisotopic (exact) mass is 960 g/mol. The zero-order chi connectivity index (χ0) is 48.1. The van der Waals surface area contributed by atoms with Gasteiger partial charge in [0.2, 0.25) is 11.8 Å². The summed E-state index contributed by atoms with van der Waals surface area (Å²) in [6.07, 6.45) is -41.5. The fourth-order valence-corrected chi connectivity index (χ4v) is 7.64. The van der Waals surface area contributed by atoms with Crippen molar-refractivity contribution in [2.75, 3.05) is 26.4 Å². The molecule has 4 aliphatic rings. The van der Waals surface area contributed by atoms with Crippen LogP contribution in [0.1, 0.15) is 27.7 Å². The van der Waals surface area contributed by atoms with Crippen LogP contribution in [0.5, 0.6) is 0 Å². The Hall–Kier alpha value is -2.03. The van der Waals surface area contributed by atoms with E-state index in [1.165, 1.54) is 13.8 Å². The summed E-state index contributed by atoms with van der Waals surface area (Å²) in [5.41, 5.74) is 0. The average Bonchev–Trinajstić information content (AvgIpc) is 3.23. The summed E-state index contributed by atoms with van der Waals surface area (Å²) in [5, 5.41) is 144. The van der Waals surface area contributed by atoms with Gasteiger partial charge in [0.25, 0.3) is 0 Å². The predicted molar refractivity (Wildman–Crippen MR) is 200 cm³/mol. The van der Waals surface area contributed by atoms with Gasteiger partial charge >= 0.3 is 10.4 Å². The second-order valence-electron chi connectivity index (χ2n) is 15.7. The molecule has 0 aliphatic carbocycles. The van der Waals surface area contributed by atoms with E-state index in [9.17, 15) is 84.4 Å². The Labute approximate surface area is 364 Å². The predicted octanol–water partition coefficient (Wildman–Crippen LogP) is -10.1. The minimum absolute atomic E-state index is 0.798. The van der Waals surface area contributed by atoms with Crippen LogP contribution in [0.25, 0.3) is 0 Å². The molecule has 4 heterocycles. The molecule has 0 spiro atoms. The van der Waals surface area contributed by atoms with Crippen LogP contribution >= 0.6 is 0 Å². The molecule has 4 fully saturated rings. The van der Waals surface area contributed by atoms with E-state index in [0.717, 1.165) is 13.8 Å². The molecule has 4 aliphatic heterocycles. The first kappa shape index (κ1) is 54.6. The Morgan fingerprint density at radius 1 is 0.656 bits per heavy atom. The summed E-state index contributed by atoms with van der Waals surface area (Å²) in [4.78, 5) is 24.3. The summed E-state index contributed by atoms with van der Waals surface area (Å²) in [6.45, 7) is 0.333. The number of ether oxygens (including phenoxy) is 8. The molecule has 16 N–H and O–H groups in total. The van der Waals surface area contributed by atoms with Crippen LogP contribution in [0.15, 0.2) is 0 Å². The smallest absolute Gasteiger partial charge is 0.394 e. The van der Waals surface area contributed by atoms with E-state index >= 15 is 0 Å². The van der Waals surface area contributed by atoms with Crippen molar-refractivity contribution in [3.05, 3.63) is 0 Å². The second kappa shape index (κ2) is 23.3. The van der Waals surface area contributed by atoms with Crippen molar-refractivity contribution in [3.63, 3.8) is 0 Å². The third kappa shape index (κ3) is 13.4. The Morgan fingerprint density at radius 3 is 1.67 bits per heavy atom. The minimum atomic E-state index is -5.10. The molecule has 0 saturated carbocycles. The largest absolute Gasteiger partial charge is 0.397 e. The van der Waals surface area contributed by atoms with Crippen LogP contribution in [-0.2, 0) is 62.1 Å². The molecule has 0 aromatic rings. The van der Waals surface area contributed by atoms with E-state index in [2.05, 4.69) is 14.8 Å². The highest BCUT2D eigenvalue weighted by molar-refractivity contribution is 7.80. The highest BCUT2D eigenvalue weighted by atomic mass is 32.3. The van der Waals surface area contributed by atoms with Crippen molar-refractivity contribution >= 4 is 22.2 Å². The van der Waals surface area contributed by atoms with Crippen LogP contribution in [0.4, 0.5) is 0 Å². The van der Waals surface area contributed by atoms with Gasteiger partial charge in [0, 0.05) is 13.8 Å². The van der Waals surface area contributed by atoms with Gasteiger partial charge in [0.15, 0.2) is 25.2 Å². The molecule has 0 unspecified atom stereocenters. The lowest BCUT2D eigenvalue weighted by Gasteiger charge is -2.49.